The van der Waals surface area contributed by atoms with Crippen LogP contribution in [0.5, 0.6) is 5.75 Å². The number of ether oxygens (including phenoxy) is 1. The Kier molecular flexibility index (Phi) is 9.31. The molecule has 3 heterocycles. The highest BCUT2D eigenvalue weighted by Crippen LogP contribution is 2.40. The summed E-state index contributed by atoms with van der Waals surface area (Å²) in [6.07, 6.45) is 2.00. The molecule has 2 aliphatic heterocycles. The van der Waals surface area contributed by atoms with Crippen LogP contribution >= 0.6 is 0 Å². The van der Waals surface area contributed by atoms with Crippen LogP contribution in [0, 0.1) is 12.7 Å². The minimum absolute atomic E-state index is 0.00612. The first-order chi connectivity index (χ1) is 21.9. The average molecular weight is 663 g/mol. The first-order valence-electron chi connectivity index (χ1n) is 16.1. The van der Waals surface area contributed by atoms with E-state index in [1.165, 1.54) is 6.07 Å². The van der Waals surface area contributed by atoms with Crippen molar-refractivity contribution in [2.45, 2.75) is 91.2 Å². The lowest BCUT2D eigenvalue weighted by molar-refractivity contribution is 0.0505. The normalized spacial score (nSPS) is 16.7. The maximum Gasteiger partial charge on any atom is 0.407 e. The van der Waals surface area contributed by atoms with Crippen LogP contribution in [0.1, 0.15) is 69.4 Å². The number of rotatable bonds is 7. The number of aryl methyl sites for hydroxylation is 1. The molecular formula is C35H47FN6O4Si. The molecule has 1 saturated heterocycles. The van der Waals surface area contributed by atoms with Gasteiger partial charge in [-0.05, 0) is 87.6 Å². The number of halogens is 1. The van der Waals surface area contributed by atoms with E-state index in [1.54, 1.807) is 18.3 Å². The molecule has 252 valence electrons. The minimum Gasteiger partial charge on any atom is -0.543 e. The van der Waals surface area contributed by atoms with Crippen molar-refractivity contribution in [1.29, 1.82) is 0 Å². The van der Waals surface area contributed by atoms with Crippen molar-refractivity contribution in [3.05, 3.63) is 65.1 Å². The van der Waals surface area contributed by atoms with Crippen LogP contribution in [0.2, 0.25) is 18.1 Å². The van der Waals surface area contributed by atoms with Gasteiger partial charge in [-0.2, -0.15) is 0 Å². The number of nitrogens with one attached hydrogen (secondary N) is 4. The number of hydrogen-bond donors (Lipinski definition) is 4. The third-order valence-corrected chi connectivity index (χ3v) is 13.2. The number of pyridine rings is 1. The van der Waals surface area contributed by atoms with E-state index >= 15 is 4.39 Å². The molecule has 3 aromatic rings. The molecule has 47 heavy (non-hydrogen) atoms. The highest BCUT2D eigenvalue weighted by atomic mass is 28.4. The van der Waals surface area contributed by atoms with Gasteiger partial charge in [0, 0.05) is 37.9 Å². The Morgan fingerprint density at radius 1 is 1.06 bits per heavy atom. The lowest BCUT2D eigenvalue weighted by Crippen LogP contribution is -2.44. The number of amides is 2. The Hall–Kier alpha value is -4.16. The molecule has 0 aliphatic carbocycles. The maximum absolute atomic E-state index is 15.3. The van der Waals surface area contributed by atoms with Gasteiger partial charge in [-0.15, -0.1) is 0 Å². The SMILES string of the molecule is Cc1cc(F)c(Nc2ccnc3c2C(=O)Nc2cc(CN4CC[C@H](NC(=O)OC(C)(C)C)C4)ccc2N3)cc1O[Si](C)(C)C(C)(C)C. The zero-order chi connectivity index (χ0) is 34.3. The molecule has 0 spiro atoms. The third-order valence-electron chi connectivity index (χ3n) is 8.87. The fourth-order valence-corrected chi connectivity index (χ4v) is 6.44. The van der Waals surface area contributed by atoms with Crippen LogP contribution in [0.15, 0.2) is 42.6 Å². The Morgan fingerprint density at radius 2 is 1.81 bits per heavy atom. The molecule has 5 rings (SSSR count). The van der Waals surface area contributed by atoms with E-state index in [-0.39, 0.29) is 28.2 Å². The predicted molar refractivity (Wildman–Crippen MR) is 187 cm³/mol. The highest BCUT2D eigenvalue weighted by Gasteiger charge is 2.39. The van der Waals surface area contributed by atoms with Crippen molar-refractivity contribution >= 4 is 48.9 Å². The van der Waals surface area contributed by atoms with E-state index in [0.717, 1.165) is 18.5 Å². The number of nitrogens with zero attached hydrogens (tertiary/aromatic N) is 2. The fourth-order valence-electron chi connectivity index (χ4n) is 5.36. The molecule has 2 aromatic carbocycles. The zero-order valence-electron chi connectivity index (χ0n) is 28.9. The van der Waals surface area contributed by atoms with Crippen molar-refractivity contribution in [3.8, 4) is 5.75 Å². The smallest absolute Gasteiger partial charge is 0.407 e. The second kappa shape index (κ2) is 12.8. The monoisotopic (exact) mass is 662 g/mol. The topological polar surface area (TPSA) is 117 Å². The van der Waals surface area contributed by atoms with Gasteiger partial charge in [0.25, 0.3) is 5.91 Å². The van der Waals surface area contributed by atoms with Crippen LogP contribution < -0.4 is 25.7 Å². The number of alkyl carbamates (subject to hydrolysis) is 1. The molecule has 4 N–H and O–H groups in total. The van der Waals surface area contributed by atoms with E-state index < -0.39 is 25.8 Å². The Balaban J connectivity index is 1.31. The van der Waals surface area contributed by atoms with Gasteiger partial charge in [0.1, 0.15) is 28.5 Å². The number of anilines is 5. The second-order valence-corrected chi connectivity index (χ2v) is 19.7. The summed E-state index contributed by atoms with van der Waals surface area (Å²) >= 11 is 0. The van der Waals surface area contributed by atoms with Gasteiger partial charge >= 0.3 is 6.09 Å². The number of benzene rings is 2. The van der Waals surface area contributed by atoms with Gasteiger partial charge in [0.05, 0.1) is 22.7 Å². The molecule has 0 radical (unpaired) electrons. The standard InChI is InChI=1S/C35H47FN6O4Si/c1-21-16-24(36)27(18-29(21)46-47(8,9)35(5,6)7)39-26-12-14-37-31-30(26)32(43)41-28-17-22(10-11-25(28)40-31)19-42-15-13-23(20-42)38-33(44)45-34(2,3)4/h10-12,14,16-18,23H,13,15,19-20H2,1-9H3,(H,38,44)(H,41,43)(H2,37,39,40)/t23-/m0/s1. The zero-order valence-corrected chi connectivity index (χ0v) is 29.9. The molecule has 10 nitrogen and oxygen atoms in total. The number of likely N-dealkylation sites (tertiary alicyclic amines) is 1. The van der Waals surface area contributed by atoms with Crippen LogP contribution in [-0.2, 0) is 11.3 Å². The maximum atomic E-state index is 15.3. The van der Waals surface area contributed by atoms with Gasteiger partial charge in [-0.25, -0.2) is 14.2 Å². The lowest BCUT2D eigenvalue weighted by Gasteiger charge is -2.37. The van der Waals surface area contributed by atoms with E-state index in [9.17, 15) is 9.59 Å². The number of carbonyl (C=O) groups is 2. The number of carbonyl (C=O) groups excluding carboxylic acids is 2. The lowest BCUT2D eigenvalue weighted by atomic mass is 10.1. The number of hydrogen-bond acceptors (Lipinski definition) is 8. The van der Waals surface area contributed by atoms with Crippen molar-refractivity contribution < 1.29 is 23.1 Å². The van der Waals surface area contributed by atoms with Crippen LogP contribution in [0.25, 0.3) is 0 Å². The van der Waals surface area contributed by atoms with Crippen molar-refractivity contribution in [3.63, 3.8) is 0 Å². The van der Waals surface area contributed by atoms with Crippen LogP contribution in [0.4, 0.5) is 37.8 Å². The number of aromatic nitrogens is 1. The van der Waals surface area contributed by atoms with Gasteiger partial charge in [-0.1, -0.05) is 26.8 Å². The first-order valence-corrected chi connectivity index (χ1v) is 19.0. The summed E-state index contributed by atoms with van der Waals surface area (Å²) in [5.41, 5.74) is 3.38. The van der Waals surface area contributed by atoms with Crippen molar-refractivity contribution in [1.82, 2.24) is 15.2 Å². The molecule has 0 saturated carbocycles. The van der Waals surface area contributed by atoms with E-state index in [4.69, 9.17) is 9.16 Å². The summed E-state index contributed by atoms with van der Waals surface area (Å²) in [5.74, 6) is 0.163. The quantitative estimate of drug-likeness (QED) is 0.188. The summed E-state index contributed by atoms with van der Waals surface area (Å²) in [6.45, 7) is 20.3. The Labute approximate surface area is 278 Å². The Bertz CT molecular complexity index is 1680. The summed E-state index contributed by atoms with van der Waals surface area (Å²) in [4.78, 5) is 32.6. The average Bonchev–Trinajstić information content (AvgIpc) is 3.30. The molecular weight excluding hydrogens is 616 g/mol. The molecule has 1 fully saturated rings. The first kappa shape index (κ1) is 34.2. The Morgan fingerprint density at radius 3 is 2.51 bits per heavy atom. The van der Waals surface area contributed by atoms with Crippen molar-refractivity contribution in [2.24, 2.45) is 0 Å². The molecule has 2 aliphatic rings. The van der Waals surface area contributed by atoms with E-state index in [1.807, 2.05) is 45.9 Å². The predicted octanol–water partition coefficient (Wildman–Crippen LogP) is 8.07. The second-order valence-electron chi connectivity index (χ2n) is 15.0. The third kappa shape index (κ3) is 8.05. The van der Waals surface area contributed by atoms with Gasteiger partial charge in [0.2, 0.25) is 8.32 Å². The van der Waals surface area contributed by atoms with Crippen LogP contribution in [-0.4, -0.2) is 54.9 Å². The molecule has 0 unspecified atom stereocenters. The summed E-state index contributed by atoms with van der Waals surface area (Å²) in [7, 11) is -2.18. The summed E-state index contributed by atoms with van der Waals surface area (Å²) < 4.78 is 27.2. The van der Waals surface area contributed by atoms with E-state index in [2.05, 4.69) is 65.0 Å². The van der Waals surface area contributed by atoms with E-state index in [0.29, 0.717) is 47.3 Å². The fraction of sp³-hybridized carbons (Fsp3) is 0.457. The highest BCUT2D eigenvalue weighted by molar-refractivity contribution is 6.74. The molecule has 1 atom stereocenters. The number of fused-ring (bicyclic) bond motifs is 2. The van der Waals surface area contributed by atoms with Gasteiger partial charge in [0.15, 0.2) is 0 Å². The largest absolute Gasteiger partial charge is 0.543 e. The van der Waals surface area contributed by atoms with Gasteiger partial charge in [-0.3, -0.25) is 9.69 Å². The van der Waals surface area contributed by atoms with Crippen LogP contribution in [0.3, 0.4) is 0 Å². The molecule has 2 amide bonds. The molecule has 12 heteroatoms. The summed E-state index contributed by atoms with van der Waals surface area (Å²) in [6, 6.07) is 10.7. The minimum atomic E-state index is -2.18. The van der Waals surface area contributed by atoms with Crippen molar-refractivity contribution in [2.75, 3.05) is 29.0 Å². The van der Waals surface area contributed by atoms with Gasteiger partial charge < -0.3 is 30.4 Å². The molecule has 0 bridgehead atoms. The summed E-state index contributed by atoms with van der Waals surface area (Å²) in [5, 5.41) is 12.4. The molecule has 1 aromatic heterocycles.